The summed E-state index contributed by atoms with van der Waals surface area (Å²) in [4.78, 5) is 25.7. The van der Waals surface area contributed by atoms with Crippen molar-refractivity contribution in [2.75, 3.05) is 13.1 Å². The molecule has 2 amide bonds. The van der Waals surface area contributed by atoms with Crippen LogP contribution in [0.25, 0.3) is 0 Å². The second-order valence-corrected chi connectivity index (χ2v) is 9.99. The number of hydrogen-bond donors (Lipinski definition) is 2. The van der Waals surface area contributed by atoms with Crippen molar-refractivity contribution in [3.63, 3.8) is 0 Å². The molecular formula is C21H27N3O4S2. The highest BCUT2D eigenvalue weighted by Crippen LogP contribution is 2.23. The van der Waals surface area contributed by atoms with Crippen LogP contribution in [0.3, 0.4) is 0 Å². The van der Waals surface area contributed by atoms with Gasteiger partial charge in [-0.25, -0.2) is 8.42 Å². The van der Waals surface area contributed by atoms with Gasteiger partial charge in [-0.15, -0.1) is 11.8 Å². The summed E-state index contributed by atoms with van der Waals surface area (Å²) in [5.74, 6) is -0.951. The van der Waals surface area contributed by atoms with E-state index < -0.39 is 21.2 Å². The van der Waals surface area contributed by atoms with Gasteiger partial charge in [-0.1, -0.05) is 37.6 Å². The molecule has 2 aromatic carbocycles. The number of benzene rings is 2. The molecule has 0 bridgehead atoms. The van der Waals surface area contributed by atoms with Gasteiger partial charge in [0, 0.05) is 23.5 Å². The van der Waals surface area contributed by atoms with E-state index in [0.29, 0.717) is 13.1 Å². The quantitative estimate of drug-likeness (QED) is 0.477. The summed E-state index contributed by atoms with van der Waals surface area (Å²) in [6.45, 7) is 7.90. The Hall–Kier alpha value is -2.36. The van der Waals surface area contributed by atoms with Crippen molar-refractivity contribution in [3.8, 4) is 0 Å². The summed E-state index contributed by atoms with van der Waals surface area (Å²) in [5, 5.41) is -0.428. The molecule has 0 saturated carbocycles. The van der Waals surface area contributed by atoms with E-state index >= 15 is 0 Å². The lowest BCUT2D eigenvalue weighted by Crippen LogP contribution is -2.45. The molecule has 0 aromatic heterocycles. The third-order valence-corrected chi connectivity index (χ3v) is 7.60. The lowest BCUT2D eigenvalue weighted by atomic mass is 10.2. The lowest BCUT2D eigenvalue weighted by molar-refractivity contribution is -0.121. The summed E-state index contributed by atoms with van der Waals surface area (Å²) in [5.41, 5.74) is 6.02. The molecule has 0 fully saturated rings. The largest absolute Gasteiger partial charge is 0.272 e. The van der Waals surface area contributed by atoms with E-state index in [2.05, 4.69) is 10.9 Å². The van der Waals surface area contributed by atoms with Crippen LogP contribution in [0.1, 0.15) is 36.7 Å². The topological polar surface area (TPSA) is 95.6 Å². The van der Waals surface area contributed by atoms with Gasteiger partial charge in [-0.2, -0.15) is 4.31 Å². The molecule has 9 heteroatoms. The second-order valence-electron chi connectivity index (χ2n) is 6.63. The minimum atomic E-state index is -3.68. The molecule has 2 aromatic rings. The van der Waals surface area contributed by atoms with Crippen molar-refractivity contribution in [1.29, 1.82) is 0 Å². The minimum absolute atomic E-state index is 0.0356. The van der Waals surface area contributed by atoms with E-state index in [4.69, 9.17) is 0 Å². The van der Waals surface area contributed by atoms with Gasteiger partial charge >= 0.3 is 0 Å². The van der Waals surface area contributed by atoms with Gasteiger partial charge < -0.3 is 0 Å². The number of carbonyl (C=O) groups is 2. The van der Waals surface area contributed by atoms with Crippen LogP contribution in [-0.4, -0.2) is 42.9 Å². The second kappa shape index (κ2) is 10.6. The van der Waals surface area contributed by atoms with E-state index in [1.54, 1.807) is 20.8 Å². The monoisotopic (exact) mass is 449 g/mol. The van der Waals surface area contributed by atoms with Crippen molar-refractivity contribution in [3.05, 3.63) is 59.7 Å². The number of nitrogens with one attached hydrogen (secondary N) is 2. The fraction of sp³-hybridized carbons (Fsp3) is 0.333. The van der Waals surface area contributed by atoms with Crippen molar-refractivity contribution >= 4 is 33.6 Å². The summed E-state index contributed by atoms with van der Waals surface area (Å²) in [7, 11) is -3.68. The Bertz CT molecular complexity index is 988. The fourth-order valence-corrected chi connectivity index (χ4v) is 5.05. The fourth-order valence-electron chi connectivity index (χ4n) is 2.68. The first-order valence-electron chi connectivity index (χ1n) is 9.62. The molecule has 0 aliphatic rings. The van der Waals surface area contributed by atoms with Gasteiger partial charge in [0.05, 0.1) is 10.1 Å². The third kappa shape index (κ3) is 6.07. The van der Waals surface area contributed by atoms with E-state index in [1.165, 1.54) is 40.3 Å². The van der Waals surface area contributed by atoms with Crippen LogP contribution in [0, 0.1) is 6.92 Å². The molecule has 30 heavy (non-hydrogen) atoms. The molecule has 0 spiro atoms. The van der Waals surface area contributed by atoms with Gasteiger partial charge in [0.2, 0.25) is 10.0 Å². The van der Waals surface area contributed by atoms with Crippen LogP contribution >= 0.6 is 11.8 Å². The number of amides is 2. The molecule has 0 saturated heterocycles. The number of carbonyl (C=O) groups excluding carboxylic acids is 2. The predicted molar refractivity (Wildman–Crippen MR) is 119 cm³/mol. The van der Waals surface area contributed by atoms with Crippen LogP contribution < -0.4 is 10.9 Å². The lowest BCUT2D eigenvalue weighted by Gasteiger charge is -2.18. The first kappa shape index (κ1) is 23.9. The Balaban J connectivity index is 2.00. The Kier molecular flexibility index (Phi) is 8.45. The van der Waals surface area contributed by atoms with Crippen LogP contribution in [0.15, 0.2) is 58.3 Å². The summed E-state index contributed by atoms with van der Waals surface area (Å²) < 4.78 is 26.6. The van der Waals surface area contributed by atoms with Crippen molar-refractivity contribution < 1.29 is 18.0 Å². The van der Waals surface area contributed by atoms with Gasteiger partial charge in [0.25, 0.3) is 11.8 Å². The first-order chi connectivity index (χ1) is 14.2. The maximum absolute atomic E-state index is 12.6. The van der Waals surface area contributed by atoms with E-state index in [1.807, 2.05) is 31.2 Å². The molecule has 1 atom stereocenters. The highest BCUT2D eigenvalue weighted by atomic mass is 32.2. The number of aryl methyl sites for hydroxylation is 1. The summed E-state index contributed by atoms with van der Waals surface area (Å²) in [6, 6.07) is 13.6. The Morgan fingerprint density at radius 3 is 2.27 bits per heavy atom. The van der Waals surface area contributed by atoms with Crippen molar-refractivity contribution in [2.45, 2.75) is 42.7 Å². The van der Waals surface area contributed by atoms with Gasteiger partial charge in [-0.3, -0.25) is 20.4 Å². The van der Waals surface area contributed by atoms with Gasteiger partial charge in [0.15, 0.2) is 0 Å². The first-order valence-corrected chi connectivity index (χ1v) is 11.9. The Morgan fingerprint density at radius 2 is 1.67 bits per heavy atom. The normalized spacial score (nSPS) is 12.4. The maximum Gasteiger partial charge on any atom is 0.269 e. The molecule has 0 radical (unpaired) electrons. The van der Waals surface area contributed by atoms with Crippen LogP contribution in [0.2, 0.25) is 0 Å². The molecule has 0 aliphatic carbocycles. The number of sulfonamides is 1. The van der Waals surface area contributed by atoms with Crippen LogP contribution in [-0.2, 0) is 14.8 Å². The van der Waals surface area contributed by atoms with Crippen LogP contribution in [0.4, 0.5) is 0 Å². The number of hydrazine groups is 1. The maximum atomic E-state index is 12.6. The highest BCUT2D eigenvalue weighted by molar-refractivity contribution is 8.00. The van der Waals surface area contributed by atoms with Gasteiger partial charge in [-0.05, 0) is 44.2 Å². The minimum Gasteiger partial charge on any atom is -0.272 e. The standard InChI is InChI=1S/C21H27N3O4S2/c1-5-24(6-2)30(27,28)19-9-7-8-17(14-19)21(26)23-22-20(25)16(4)29-18-12-10-15(3)11-13-18/h7-14,16H,5-6H2,1-4H3,(H,22,25)(H,23,26). The number of nitrogens with zero attached hydrogens (tertiary/aromatic N) is 1. The smallest absolute Gasteiger partial charge is 0.269 e. The van der Waals surface area contributed by atoms with E-state index in [9.17, 15) is 18.0 Å². The zero-order chi connectivity index (χ0) is 22.3. The molecule has 1 unspecified atom stereocenters. The van der Waals surface area contributed by atoms with Crippen molar-refractivity contribution in [2.24, 2.45) is 0 Å². The number of hydrogen-bond acceptors (Lipinski definition) is 5. The molecule has 0 heterocycles. The van der Waals surface area contributed by atoms with Crippen LogP contribution in [0.5, 0.6) is 0 Å². The zero-order valence-corrected chi connectivity index (χ0v) is 19.1. The van der Waals surface area contributed by atoms with Gasteiger partial charge in [0.1, 0.15) is 0 Å². The summed E-state index contributed by atoms with van der Waals surface area (Å²) >= 11 is 1.37. The van der Waals surface area contributed by atoms with Crippen molar-refractivity contribution in [1.82, 2.24) is 15.2 Å². The Morgan fingerprint density at radius 1 is 1.03 bits per heavy atom. The zero-order valence-electron chi connectivity index (χ0n) is 17.5. The molecule has 2 N–H and O–H groups in total. The molecule has 0 aliphatic heterocycles. The molecule has 162 valence electrons. The highest BCUT2D eigenvalue weighted by Gasteiger charge is 2.23. The average Bonchev–Trinajstić information content (AvgIpc) is 2.74. The average molecular weight is 450 g/mol. The number of rotatable bonds is 8. The Labute approximate surface area is 182 Å². The molecular weight excluding hydrogens is 422 g/mol. The van der Waals surface area contributed by atoms with E-state index in [-0.39, 0.29) is 16.4 Å². The number of thioether (sulfide) groups is 1. The molecule has 2 rings (SSSR count). The SMILES string of the molecule is CCN(CC)S(=O)(=O)c1cccc(C(=O)NNC(=O)C(C)Sc2ccc(C)cc2)c1. The van der Waals surface area contributed by atoms with E-state index in [0.717, 1.165) is 10.5 Å². The molecule has 7 nitrogen and oxygen atoms in total. The summed E-state index contributed by atoms with van der Waals surface area (Å²) in [6.07, 6.45) is 0. The predicted octanol–water partition coefficient (Wildman–Crippen LogP) is 2.97. The third-order valence-electron chi connectivity index (χ3n) is 4.44.